The molecule has 0 radical (unpaired) electrons. The molecule has 0 aromatic carbocycles. The van der Waals surface area contributed by atoms with Gasteiger partial charge in [0.25, 0.3) is 0 Å². The van der Waals surface area contributed by atoms with Crippen LogP contribution in [-0.4, -0.2) is 24.5 Å². The molecular weight excluding hydrogens is 328 g/mol. The number of amides is 1. The zero-order valence-corrected chi connectivity index (χ0v) is 11.1. The number of aromatic nitrogens is 1. The predicted molar refractivity (Wildman–Crippen MR) is 69.0 cm³/mol. The molecule has 0 bridgehead atoms. The molecule has 0 aliphatic carbocycles. The fourth-order valence-corrected chi connectivity index (χ4v) is 2.30. The summed E-state index contributed by atoms with van der Waals surface area (Å²) >= 11 is 7.94. The number of carbonyl (C=O) groups excluding carboxylic acids is 1. The maximum Gasteiger partial charge on any atom is 0.219 e. The van der Waals surface area contributed by atoms with Gasteiger partial charge in [-0.05, 0) is 28.7 Å². The summed E-state index contributed by atoms with van der Waals surface area (Å²) in [4.78, 5) is 16.7. The number of nitrogens with zero attached hydrogens (tertiary/aromatic N) is 2. The van der Waals surface area contributed by atoms with E-state index in [0.29, 0.717) is 18.0 Å². The van der Waals surface area contributed by atoms with Gasteiger partial charge in [0.1, 0.15) is 5.82 Å². The van der Waals surface area contributed by atoms with E-state index in [4.69, 9.17) is 17.3 Å². The smallest absolute Gasteiger partial charge is 0.219 e. The van der Waals surface area contributed by atoms with Crippen LogP contribution in [0.2, 0.25) is 5.02 Å². The third-order valence-electron chi connectivity index (χ3n) is 1.84. The van der Waals surface area contributed by atoms with Crippen LogP contribution in [0, 0.1) is 3.57 Å². The topological polar surface area (TPSA) is 59.2 Å². The molecule has 0 atom stereocenters. The van der Waals surface area contributed by atoms with Gasteiger partial charge in [0, 0.05) is 26.2 Å². The highest BCUT2D eigenvalue weighted by molar-refractivity contribution is 14.1. The van der Waals surface area contributed by atoms with E-state index in [1.165, 1.54) is 0 Å². The van der Waals surface area contributed by atoms with Gasteiger partial charge in [-0.25, -0.2) is 4.98 Å². The van der Waals surface area contributed by atoms with Gasteiger partial charge in [-0.15, -0.1) is 0 Å². The molecule has 1 heterocycles. The van der Waals surface area contributed by atoms with Crippen molar-refractivity contribution in [2.75, 3.05) is 18.5 Å². The summed E-state index contributed by atoms with van der Waals surface area (Å²) < 4.78 is 0.951. The maximum absolute atomic E-state index is 10.6. The first-order valence-corrected chi connectivity index (χ1v) is 5.77. The van der Waals surface area contributed by atoms with Gasteiger partial charge in [-0.1, -0.05) is 11.6 Å². The summed E-state index contributed by atoms with van der Waals surface area (Å²) in [6.07, 6.45) is 1.90. The molecule has 1 aromatic heterocycles. The van der Waals surface area contributed by atoms with Crippen LogP contribution in [0.5, 0.6) is 0 Å². The van der Waals surface area contributed by atoms with Gasteiger partial charge in [-0.3, -0.25) is 4.79 Å². The highest BCUT2D eigenvalue weighted by Gasteiger charge is 2.08. The molecule has 0 unspecified atom stereocenters. The van der Waals surface area contributed by atoms with Crippen LogP contribution in [0.4, 0.5) is 5.82 Å². The summed E-state index contributed by atoms with van der Waals surface area (Å²) in [5.74, 6) is 0.493. The molecule has 1 rings (SSSR count). The predicted octanol–water partition coefficient (Wildman–Crippen LogP) is 1.65. The van der Waals surface area contributed by atoms with Gasteiger partial charge < -0.3 is 10.6 Å². The number of hydrogen-bond acceptors (Lipinski definition) is 3. The molecule has 6 heteroatoms. The molecule has 82 valence electrons. The Balaban J connectivity index is 2.73. The number of pyridine rings is 1. The van der Waals surface area contributed by atoms with E-state index >= 15 is 0 Å². The Morgan fingerprint density at radius 2 is 2.40 bits per heavy atom. The minimum absolute atomic E-state index is 0.314. The molecular formula is C9H11ClIN3O. The summed E-state index contributed by atoms with van der Waals surface area (Å²) in [5.41, 5.74) is 5.07. The summed E-state index contributed by atoms with van der Waals surface area (Å²) in [7, 11) is 1.86. The van der Waals surface area contributed by atoms with Crippen molar-refractivity contribution in [2.24, 2.45) is 5.73 Å². The van der Waals surface area contributed by atoms with E-state index in [1.54, 1.807) is 6.20 Å². The lowest BCUT2D eigenvalue weighted by molar-refractivity contribution is -0.117. The Bertz CT molecular complexity index is 372. The van der Waals surface area contributed by atoms with Gasteiger partial charge in [-0.2, -0.15) is 0 Å². The van der Waals surface area contributed by atoms with E-state index in [1.807, 2.05) is 18.0 Å². The highest BCUT2D eigenvalue weighted by atomic mass is 127. The second kappa shape index (κ2) is 5.50. The molecule has 0 spiro atoms. The number of carbonyl (C=O) groups is 1. The number of halogens is 2. The van der Waals surface area contributed by atoms with Crippen molar-refractivity contribution in [1.29, 1.82) is 0 Å². The van der Waals surface area contributed by atoms with Gasteiger partial charge in [0.05, 0.1) is 8.59 Å². The number of nitrogens with two attached hydrogens (primary N) is 1. The van der Waals surface area contributed by atoms with Gasteiger partial charge in [0.15, 0.2) is 0 Å². The summed E-state index contributed by atoms with van der Waals surface area (Å²) in [6, 6.07) is 1.82. The Morgan fingerprint density at radius 3 is 2.93 bits per heavy atom. The SMILES string of the molecule is CN(CCC(N)=O)c1ncc(Cl)cc1I. The van der Waals surface area contributed by atoms with Crippen LogP contribution in [-0.2, 0) is 4.79 Å². The van der Waals surface area contributed by atoms with Crippen molar-refractivity contribution in [1.82, 2.24) is 4.98 Å². The Kier molecular flexibility index (Phi) is 4.59. The lowest BCUT2D eigenvalue weighted by Gasteiger charge is -2.18. The van der Waals surface area contributed by atoms with Gasteiger partial charge >= 0.3 is 0 Å². The quantitative estimate of drug-likeness (QED) is 0.849. The Labute approximate surface area is 107 Å². The second-order valence-corrected chi connectivity index (χ2v) is 4.70. The Hall–Kier alpha value is -0.560. The third kappa shape index (κ3) is 3.83. The Morgan fingerprint density at radius 1 is 1.73 bits per heavy atom. The van der Waals surface area contributed by atoms with E-state index < -0.39 is 0 Å². The molecule has 1 amide bonds. The molecule has 0 aliphatic rings. The van der Waals surface area contributed by atoms with Crippen LogP contribution < -0.4 is 10.6 Å². The summed E-state index contributed by atoms with van der Waals surface area (Å²) in [5, 5.41) is 0.603. The van der Waals surface area contributed by atoms with Crippen molar-refractivity contribution < 1.29 is 4.79 Å². The highest BCUT2D eigenvalue weighted by Crippen LogP contribution is 2.21. The number of anilines is 1. The first-order chi connectivity index (χ1) is 7.00. The lowest BCUT2D eigenvalue weighted by atomic mass is 10.3. The molecule has 2 N–H and O–H groups in total. The van der Waals surface area contributed by atoms with Crippen LogP contribution in [0.3, 0.4) is 0 Å². The average Bonchev–Trinajstić information content (AvgIpc) is 2.14. The molecule has 0 aliphatic heterocycles. The zero-order valence-electron chi connectivity index (χ0n) is 8.20. The lowest BCUT2D eigenvalue weighted by Crippen LogP contribution is -2.25. The van der Waals surface area contributed by atoms with E-state index in [-0.39, 0.29) is 5.91 Å². The second-order valence-electron chi connectivity index (χ2n) is 3.10. The first kappa shape index (κ1) is 12.5. The normalized spacial score (nSPS) is 10.1. The van der Waals surface area contributed by atoms with Crippen molar-refractivity contribution in [3.05, 3.63) is 20.9 Å². The first-order valence-electron chi connectivity index (χ1n) is 4.31. The van der Waals surface area contributed by atoms with Crippen molar-refractivity contribution in [3.63, 3.8) is 0 Å². The molecule has 0 saturated heterocycles. The monoisotopic (exact) mass is 339 g/mol. The van der Waals surface area contributed by atoms with Gasteiger partial charge in [0.2, 0.25) is 5.91 Å². The minimum Gasteiger partial charge on any atom is -0.370 e. The third-order valence-corrected chi connectivity index (χ3v) is 2.84. The van der Waals surface area contributed by atoms with Crippen molar-refractivity contribution >= 4 is 45.9 Å². The van der Waals surface area contributed by atoms with Crippen LogP contribution in [0.25, 0.3) is 0 Å². The zero-order chi connectivity index (χ0) is 11.4. The average molecular weight is 340 g/mol. The largest absolute Gasteiger partial charge is 0.370 e. The van der Waals surface area contributed by atoms with Crippen molar-refractivity contribution in [3.8, 4) is 0 Å². The molecule has 0 fully saturated rings. The van der Waals surface area contributed by atoms with Crippen LogP contribution in [0.1, 0.15) is 6.42 Å². The van der Waals surface area contributed by atoms with Crippen LogP contribution >= 0.6 is 34.2 Å². The minimum atomic E-state index is -0.314. The molecule has 1 aromatic rings. The molecule has 15 heavy (non-hydrogen) atoms. The van der Waals surface area contributed by atoms with E-state index in [0.717, 1.165) is 9.39 Å². The van der Waals surface area contributed by atoms with Crippen molar-refractivity contribution in [2.45, 2.75) is 6.42 Å². The fraction of sp³-hybridized carbons (Fsp3) is 0.333. The molecule has 4 nitrogen and oxygen atoms in total. The fourth-order valence-electron chi connectivity index (χ4n) is 1.07. The maximum atomic E-state index is 10.6. The number of rotatable bonds is 4. The number of primary amides is 1. The van der Waals surface area contributed by atoms with E-state index in [9.17, 15) is 4.79 Å². The number of hydrogen-bond donors (Lipinski definition) is 1. The van der Waals surface area contributed by atoms with Crippen LogP contribution in [0.15, 0.2) is 12.3 Å². The molecule has 0 saturated carbocycles. The van der Waals surface area contributed by atoms with E-state index in [2.05, 4.69) is 27.6 Å². The summed E-state index contributed by atoms with van der Waals surface area (Å²) in [6.45, 7) is 0.556. The standard InChI is InChI=1S/C9H11ClIN3O/c1-14(3-2-8(12)15)9-7(11)4-6(10)5-13-9/h4-5H,2-3H2,1H3,(H2,12,15).